The van der Waals surface area contributed by atoms with Crippen molar-refractivity contribution in [2.75, 3.05) is 13.2 Å². The van der Waals surface area contributed by atoms with E-state index in [0.717, 1.165) is 5.56 Å². The largest absolute Gasteiger partial charge is 0.573 e. The molecule has 0 radical (unpaired) electrons. The Labute approximate surface area is 164 Å². The zero-order valence-corrected chi connectivity index (χ0v) is 15.2. The Kier molecular flexibility index (Phi) is 4.99. The van der Waals surface area contributed by atoms with Crippen LogP contribution in [-0.2, 0) is 11.3 Å². The molecule has 1 fully saturated rings. The van der Waals surface area contributed by atoms with Gasteiger partial charge in [-0.2, -0.15) is 0 Å². The first-order valence-electron chi connectivity index (χ1n) is 9.03. The second kappa shape index (κ2) is 7.47. The summed E-state index contributed by atoms with van der Waals surface area (Å²) >= 11 is 0. The third-order valence-corrected chi connectivity index (χ3v) is 4.86. The first-order valence-corrected chi connectivity index (χ1v) is 9.03. The molecule has 2 aliphatic heterocycles. The summed E-state index contributed by atoms with van der Waals surface area (Å²) in [4.78, 5) is 14.0. The molecule has 0 saturated carbocycles. The zero-order chi connectivity index (χ0) is 20.6. The molecule has 0 aromatic heterocycles. The number of benzene rings is 2. The Morgan fingerprint density at radius 2 is 1.83 bits per heavy atom. The van der Waals surface area contributed by atoms with E-state index < -0.39 is 24.4 Å². The van der Waals surface area contributed by atoms with Gasteiger partial charge in [0, 0.05) is 18.5 Å². The molecule has 2 aromatic carbocycles. The number of nitrogens with zero attached hydrogens (tertiary/aromatic N) is 1. The lowest BCUT2D eigenvalue weighted by Gasteiger charge is -2.29. The minimum atomic E-state index is -4.77. The number of hydrogen-bond donors (Lipinski definition) is 1. The Morgan fingerprint density at radius 3 is 2.55 bits per heavy atom. The van der Waals surface area contributed by atoms with Crippen LogP contribution in [0.4, 0.5) is 13.2 Å². The van der Waals surface area contributed by atoms with Gasteiger partial charge in [0.15, 0.2) is 11.5 Å². The topological polar surface area (TPSA) is 68.2 Å². The third-order valence-electron chi connectivity index (χ3n) is 4.86. The molecule has 9 heteroatoms. The number of ether oxygens (including phenoxy) is 3. The van der Waals surface area contributed by atoms with Gasteiger partial charge in [-0.25, -0.2) is 0 Å². The Bertz CT molecular complexity index is 900. The maximum absolute atomic E-state index is 12.5. The normalized spacial score (nSPS) is 21.4. The van der Waals surface area contributed by atoms with Crippen LogP contribution in [0.25, 0.3) is 0 Å². The molecule has 2 aromatic rings. The molecule has 1 N–H and O–H groups in total. The Balaban J connectivity index is 1.58. The Hall–Kier alpha value is -2.94. The second-order valence-electron chi connectivity index (χ2n) is 6.80. The van der Waals surface area contributed by atoms with Gasteiger partial charge in [0.05, 0.1) is 6.04 Å². The summed E-state index contributed by atoms with van der Waals surface area (Å²) < 4.78 is 52.1. The number of alkyl halides is 3. The molecule has 1 amide bonds. The SMILES string of the molecule is O=C1[C@H](O)C[C@@H](c2cccc3c2OCCO3)N1Cc1ccc(OC(F)(F)F)cc1. The second-order valence-corrected chi connectivity index (χ2v) is 6.80. The highest BCUT2D eigenvalue weighted by Gasteiger charge is 2.41. The number of hydrogen-bond acceptors (Lipinski definition) is 5. The van der Waals surface area contributed by atoms with Gasteiger partial charge in [-0.1, -0.05) is 24.3 Å². The highest BCUT2D eigenvalue weighted by molar-refractivity contribution is 5.84. The van der Waals surface area contributed by atoms with E-state index in [-0.39, 0.29) is 18.7 Å². The van der Waals surface area contributed by atoms with Crippen molar-refractivity contribution < 1.29 is 37.3 Å². The molecule has 154 valence electrons. The van der Waals surface area contributed by atoms with Crippen LogP contribution >= 0.6 is 0 Å². The lowest BCUT2D eigenvalue weighted by Crippen LogP contribution is -2.31. The molecule has 0 unspecified atom stereocenters. The van der Waals surface area contributed by atoms with E-state index in [2.05, 4.69) is 4.74 Å². The standard InChI is InChI=1S/C20H18F3NO5/c21-20(22,23)29-13-6-4-12(5-7-13)11-24-15(10-16(25)19(24)26)14-2-1-3-17-18(14)28-9-8-27-17/h1-7,15-16,25H,8-11H2/t15-,16+/m0/s1. The van der Waals surface area contributed by atoms with Crippen molar-refractivity contribution >= 4 is 5.91 Å². The van der Waals surface area contributed by atoms with Crippen LogP contribution < -0.4 is 14.2 Å². The van der Waals surface area contributed by atoms with Gasteiger partial charge >= 0.3 is 6.36 Å². The van der Waals surface area contributed by atoms with Crippen LogP contribution in [0.15, 0.2) is 42.5 Å². The maximum Gasteiger partial charge on any atom is 0.573 e. The number of para-hydroxylation sites is 1. The quantitative estimate of drug-likeness (QED) is 0.840. The van der Waals surface area contributed by atoms with E-state index in [1.165, 1.54) is 29.2 Å². The summed E-state index contributed by atoms with van der Waals surface area (Å²) in [5.41, 5.74) is 1.33. The monoisotopic (exact) mass is 409 g/mol. The van der Waals surface area contributed by atoms with E-state index in [1.54, 1.807) is 12.1 Å². The number of carbonyl (C=O) groups excluding carboxylic acids is 1. The third kappa shape index (κ3) is 4.09. The maximum atomic E-state index is 12.5. The molecule has 0 aliphatic carbocycles. The molecule has 29 heavy (non-hydrogen) atoms. The van der Waals surface area contributed by atoms with Gasteiger partial charge in [-0.3, -0.25) is 4.79 Å². The molecule has 0 spiro atoms. The molecule has 6 nitrogen and oxygen atoms in total. The van der Waals surface area contributed by atoms with Gasteiger partial charge in [-0.15, -0.1) is 13.2 Å². The fourth-order valence-electron chi connectivity index (χ4n) is 3.62. The van der Waals surface area contributed by atoms with Crippen molar-refractivity contribution in [2.24, 2.45) is 0 Å². The molecular formula is C20H18F3NO5. The number of halogens is 3. The van der Waals surface area contributed by atoms with Gasteiger partial charge in [-0.05, 0) is 23.8 Å². The smallest absolute Gasteiger partial charge is 0.486 e. The molecule has 2 aliphatic rings. The van der Waals surface area contributed by atoms with Crippen LogP contribution in [0.1, 0.15) is 23.6 Å². The molecule has 1 saturated heterocycles. The van der Waals surface area contributed by atoms with Crippen LogP contribution in [0.5, 0.6) is 17.2 Å². The average molecular weight is 409 g/mol. The minimum absolute atomic E-state index is 0.122. The fraction of sp³-hybridized carbons (Fsp3) is 0.350. The van der Waals surface area contributed by atoms with Crippen molar-refractivity contribution in [3.63, 3.8) is 0 Å². The van der Waals surface area contributed by atoms with E-state index >= 15 is 0 Å². The van der Waals surface area contributed by atoms with Crippen molar-refractivity contribution in [2.45, 2.75) is 31.5 Å². The predicted octanol–water partition coefficient (Wildman–Crippen LogP) is 3.19. The van der Waals surface area contributed by atoms with E-state index in [4.69, 9.17) is 9.47 Å². The van der Waals surface area contributed by atoms with Crippen LogP contribution in [0, 0.1) is 0 Å². The number of amides is 1. The molecule has 2 atom stereocenters. The van der Waals surface area contributed by atoms with Gasteiger partial charge in [0.1, 0.15) is 25.1 Å². The summed E-state index contributed by atoms with van der Waals surface area (Å²) in [6.07, 6.45) is -5.74. The predicted molar refractivity (Wildman–Crippen MR) is 94.5 cm³/mol. The molecule has 0 bridgehead atoms. The average Bonchev–Trinajstić information content (AvgIpc) is 2.96. The first kappa shape index (κ1) is 19.4. The fourth-order valence-corrected chi connectivity index (χ4v) is 3.62. The van der Waals surface area contributed by atoms with Crippen molar-refractivity contribution in [3.8, 4) is 17.2 Å². The van der Waals surface area contributed by atoms with Crippen molar-refractivity contribution in [1.29, 1.82) is 0 Å². The Morgan fingerprint density at radius 1 is 1.10 bits per heavy atom. The lowest BCUT2D eigenvalue weighted by molar-refractivity contribution is -0.274. The minimum Gasteiger partial charge on any atom is -0.486 e. The molecule has 4 rings (SSSR count). The molecular weight excluding hydrogens is 391 g/mol. The van der Waals surface area contributed by atoms with E-state index in [9.17, 15) is 23.1 Å². The van der Waals surface area contributed by atoms with Crippen LogP contribution in [-0.4, -0.2) is 41.6 Å². The summed E-state index contributed by atoms with van der Waals surface area (Å²) in [6.45, 7) is 0.935. The number of aliphatic hydroxyl groups is 1. The van der Waals surface area contributed by atoms with Crippen LogP contribution in [0.2, 0.25) is 0 Å². The highest BCUT2D eigenvalue weighted by atomic mass is 19.4. The number of aliphatic hydroxyl groups excluding tert-OH is 1. The van der Waals surface area contributed by atoms with Gasteiger partial charge < -0.3 is 24.2 Å². The van der Waals surface area contributed by atoms with Crippen LogP contribution in [0.3, 0.4) is 0 Å². The van der Waals surface area contributed by atoms with Gasteiger partial charge in [0.25, 0.3) is 5.91 Å². The van der Waals surface area contributed by atoms with E-state index in [0.29, 0.717) is 30.3 Å². The summed E-state index contributed by atoms with van der Waals surface area (Å²) in [6, 6.07) is 10.2. The summed E-state index contributed by atoms with van der Waals surface area (Å²) in [5, 5.41) is 10.1. The highest BCUT2D eigenvalue weighted by Crippen LogP contribution is 2.43. The van der Waals surface area contributed by atoms with Crippen molar-refractivity contribution in [1.82, 2.24) is 4.90 Å². The summed E-state index contributed by atoms with van der Waals surface area (Å²) in [5.74, 6) is 0.342. The number of likely N-dealkylation sites (tertiary alicyclic amines) is 1. The van der Waals surface area contributed by atoms with Crippen molar-refractivity contribution in [3.05, 3.63) is 53.6 Å². The molecule has 2 heterocycles. The first-order chi connectivity index (χ1) is 13.8. The number of carbonyl (C=O) groups is 1. The van der Waals surface area contributed by atoms with Gasteiger partial charge in [0.2, 0.25) is 0 Å². The number of fused-ring (bicyclic) bond motifs is 1. The lowest BCUT2D eigenvalue weighted by atomic mass is 10.0. The summed E-state index contributed by atoms with van der Waals surface area (Å²) in [7, 11) is 0. The zero-order valence-electron chi connectivity index (χ0n) is 15.2. The van der Waals surface area contributed by atoms with E-state index in [1.807, 2.05) is 6.07 Å². The number of rotatable bonds is 4.